The van der Waals surface area contributed by atoms with Crippen molar-refractivity contribution in [2.75, 3.05) is 12.4 Å². The van der Waals surface area contributed by atoms with E-state index in [0.29, 0.717) is 10.9 Å². The largest absolute Gasteiger partial charge is 0.497 e. The summed E-state index contributed by atoms with van der Waals surface area (Å²) in [6.45, 7) is 2.04. The van der Waals surface area contributed by atoms with Crippen LogP contribution in [0.15, 0.2) is 82.4 Å². The van der Waals surface area contributed by atoms with Gasteiger partial charge >= 0.3 is 5.69 Å². The summed E-state index contributed by atoms with van der Waals surface area (Å²) in [4.78, 5) is 26.9. The molecule has 3 aromatic carbocycles. The molecule has 0 saturated carbocycles. The van der Waals surface area contributed by atoms with E-state index >= 15 is 0 Å². The topological polar surface area (TPSA) is 70.2 Å². The van der Waals surface area contributed by atoms with Gasteiger partial charge in [0.15, 0.2) is 0 Å². The van der Waals surface area contributed by atoms with Gasteiger partial charge in [0.25, 0.3) is 5.56 Å². The van der Waals surface area contributed by atoms with Crippen LogP contribution in [0.1, 0.15) is 22.9 Å². The molecule has 1 aliphatic rings. The molecule has 36 heavy (non-hydrogen) atoms. The van der Waals surface area contributed by atoms with Crippen molar-refractivity contribution in [3.63, 3.8) is 0 Å². The fourth-order valence-electron chi connectivity index (χ4n) is 5.33. The number of aryl methyl sites for hydroxylation is 2. The molecule has 7 nitrogen and oxygen atoms in total. The van der Waals surface area contributed by atoms with Gasteiger partial charge in [0.1, 0.15) is 5.75 Å². The molecule has 2 aromatic heterocycles. The molecule has 0 fully saturated rings. The van der Waals surface area contributed by atoms with Gasteiger partial charge in [0.2, 0.25) is 0 Å². The molecule has 5 aromatic rings. The van der Waals surface area contributed by atoms with Crippen molar-refractivity contribution in [1.29, 1.82) is 0 Å². The molecular formula is C29H26N4O3. The van der Waals surface area contributed by atoms with Crippen LogP contribution in [0.4, 0.5) is 5.69 Å². The number of nitrogens with one attached hydrogen (secondary N) is 1. The summed E-state index contributed by atoms with van der Waals surface area (Å²) in [5, 5.41) is 4.20. The van der Waals surface area contributed by atoms with Gasteiger partial charge in [-0.25, -0.2) is 4.79 Å². The van der Waals surface area contributed by atoms with Crippen molar-refractivity contribution in [2.24, 2.45) is 14.1 Å². The first kappa shape index (κ1) is 22.0. The van der Waals surface area contributed by atoms with Crippen LogP contribution in [0.3, 0.4) is 0 Å². The average Bonchev–Trinajstić information content (AvgIpc) is 3.27. The third-order valence-corrected chi connectivity index (χ3v) is 7.07. The highest BCUT2D eigenvalue weighted by atomic mass is 16.5. The van der Waals surface area contributed by atoms with Crippen LogP contribution < -0.4 is 21.3 Å². The molecule has 1 aliphatic heterocycles. The van der Waals surface area contributed by atoms with Crippen molar-refractivity contribution in [1.82, 2.24) is 13.7 Å². The maximum absolute atomic E-state index is 13.7. The third kappa shape index (κ3) is 3.05. The molecule has 1 unspecified atom stereocenters. The molecule has 0 amide bonds. The first-order valence-corrected chi connectivity index (χ1v) is 11.8. The quantitative estimate of drug-likeness (QED) is 0.414. The summed E-state index contributed by atoms with van der Waals surface area (Å²) in [6, 6.07) is 23.8. The minimum Gasteiger partial charge on any atom is -0.497 e. The number of hydrogen-bond donors (Lipinski definition) is 1. The molecule has 0 bridgehead atoms. The Balaban J connectivity index is 1.83. The average molecular weight is 479 g/mol. The third-order valence-electron chi connectivity index (χ3n) is 7.07. The fourth-order valence-corrected chi connectivity index (χ4v) is 5.33. The maximum atomic E-state index is 13.7. The molecular weight excluding hydrogens is 452 g/mol. The van der Waals surface area contributed by atoms with Gasteiger partial charge in [-0.2, -0.15) is 0 Å². The summed E-state index contributed by atoms with van der Waals surface area (Å²) >= 11 is 0. The Labute approximate surface area is 207 Å². The summed E-state index contributed by atoms with van der Waals surface area (Å²) in [6.07, 6.45) is 0. The fraction of sp³-hybridized carbons (Fsp3) is 0.172. The highest BCUT2D eigenvalue weighted by Crippen LogP contribution is 2.45. The Morgan fingerprint density at radius 1 is 0.889 bits per heavy atom. The highest BCUT2D eigenvalue weighted by Gasteiger charge is 2.34. The monoisotopic (exact) mass is 478 g/mol. The van der Waals surface area contributed by atoms with Crippen molar-refractivity contribution in [2.45, 2.75) is 13.0 Å². The lowest BCUT2D eigenvalue weighted by molar-refractivity contribution is 0.414. The van der Waals surface area contributed by atoms with Crippen molar-refractivity contribution >= 4 is 16.6 Å². The number of aromatic nitrogens is 3. The molecule has 3 heterocycles. The Morgan fingerprint density at radius 3 is 2.36 bits per heavy atom. The van der Waals surface area contributed by atoms with E-state index in [0.717, 1.165) is 45.2 Å². The SMILES string of the molecule is COc1ccc(C2Nc3ccccc3-n3c(-c4cccc(C)c4)c4c(=O)n(C)c(=O)n(C)c4c32)cc1. The van der Waals surface area contributed by atoms with Crippen LogP contribution in [0.25, 0.3) is 27.8 Å². The van der Waals surface area contributed by atoms with Gasteiger partial charge in [-0.3, -0.25) is 13.9 Å². The van der Waals surface area contributed by atoms with Gasteiger partial charge in [-0.1, -0.05) is 48.0 Å². The zero-order chi connectivity index (χ0) is 25.1. The number of anilines is 1. The van der Waals surface area contributed by atoms with E-state index in [9.17, 15) is 9.59 Å². The van der Waals surface area contributed by atoms with Crippen molar-refractivity contribution in [3.8, 4) is 22.7 Å². The lowest BCUT2D eigenvalue weighted by Gasteiger charge is -2.31. The molecule has 0 radical (unpaired) electrons. The normalized spacial score (nSPS) is 14.3. The predicted molar refractivity (Wildman–Crippen MR) is 142 cm³/mol. The zero-order valence-electron chi connectivity index (χ0n) is 20.6. The van der Waals surface area contributed by atoms with Gasteiger partial charge in [-0.05, 0) is 48.4 Å². The minimum atomic E-state index is -0.357. The van der Waals surface area contributed by atoms with E-state index in [1.54, 1.807) is 18.7 Å². The second-order valence-corrected chi connectivity index (χ2v) is 9.24. The second-order valence-electron chi connectivity index (χ2n) is 9.24. The Bertz CT molecular complexity index is 1770. The number of rotatable bonds is 3. The Kier molecular flexibility index (Phi) is 4.89. The van der Waals surface area contributed by atoms with Crippen molar-refractivity contribution < 1.29 is 4.74 Å². The number of nitrogens with zero attached hydrogens (tertiary/aromatic N) is 3. The number of fused-ring (bicyclic) bond motifs is 5. The van der Waals surface area contributed by atoms with E-state index < -0.39 is 0 Å². The summed E-state index contributed by atoms with van der Waals surface area (Å²) in [7, 11) is 4.91. The van der Waals surface area contributed by atoms with E-state index in [2.05, 4.69) is 16.0 Å². The summed E-state index contributed by atoms with van der Waals surface area (Å²) < 4.78 is 10.3. The number of benzene rings is 3. The van der Waals surface area contributed by atoms with Crippen LogP contribution >= 0.6 is 0 Å². The van der Waals surface area contributed by atoms with Crippen LogP contribution in [0.2, 0.25) is 0 Å². The molecule has 6 rings (SSSR count). The van der Waals surface area contributed by atoms with E-state index in [-0.39, 0.29) is 17.3 Å². The van der Waals surface area contributed by atoms with Gasteiger partial charge < -0.3 is 14.6 Å². The Morgan fingerprint density at radius 2 is 1.64 bits per heavy atom. The van der Waals surface area contributed by atoms with Crippen LogP contribution in [0.5, 0.6) is 5.75 Å². The van der Waals surface area contributed by atoms with E-state index in [4.69, 9.17) is 4.74 Å². The minimum absolute atomic E-state index is 0.301. The van der Waals surface area contributed by atoms with Gasteiger partial charge in [-0.15, -0.1) is 0 Å². The number of hydrogen-bond acceptors (Lipinski definition) is 4. The molecule has 1 N–H and O–H groups in total. The van der Waals surface area contributed by atoms with E-state index in [1.165, 1.54) is 11.6 Å². The molecule has 0 saturated heterocycles. The van der Waals surface area contributed by atoms with Crippen LogP contribution in [-0.2, 0) is 14.1 Å². The summed E-state index contributed by atoms with van der Waals surface area (Å²) in [5.41, 5.74) is 6.48. The standard InChI is InChI=1S/C29H26N4O3/c1-17-8-7-9-19(16-17)25-23-26(31(2)29(35)32(3)28(23)34)27-24(18-12-14-20(36-4)15-13-18)30-21-10-5-6-11-22(21)33(25)27/h5-16,24,30H,1-4H3. The Hall–Kier alpha value is -4.52. The maximum Gasteiger partial charge on any atom is 0.331 e. The van der Waals surface area contributed by atoms with Crippen molar-refractivity contribution in [3.05, 3.63) is 110 Å². The first-order chi connectivity index (χ1) is 17.4. The number of methoxy groups -OCH3 is 1. The second kappa shape index (κ2) is 8.02. The molecule has 1 atom stereocenters. The number of ether oxygens (including phenoxy) is 1. The van der Waals surface area contributed by atoms with Gasteiger partial charge in [0.05, 0.1) is 46.8 Å². The van der Waals surface area contributed by atoms with Gasteiger partial charge in [0, 0.05) is 14.1 Å². The lowest BCUT2D eigenvalue weighted by atomic mass is 9.99. The zero-order valence-corrected chi connectivity index (χ0v) is 20.6. The number of para-hydroxylation sites is 2. The first-order valence-electron chi connectivity index (χ1n) is 11.8. The smallest absolute Gasteiger partial charge is 0.331 e. The van der Waals surface area contributed by atoms with Crippen LogP contribution in [-0.4, -0.2) is 20.8 Å². The van der Waals surface area contributed by atoms with Crippen LogP contribution in [0, 0.1) is 6.92 Å². The predicted octanol–water partition coefficient (Wildman–Crippen LogP) is 4.53. The molecule has 180 valence electrons. The molecule has 0 spiro atoms. The lowest BCUT2D eigenvalue weighted by Crippen LogP contribution is -2.37. The highest BCUT2D eigenvalue weighted by molar-refractivity contribution is 5.99. The molecule has 0 aliphatic carbocycles. The summed E-state index contributed by atoms with van der Waals surface area (Å²) in [5.74, 6) is 0.761. The molecule has 7 heteroatoms. The van der Waals surface area contributed by atoms with E-state index in [1.807, 2.05) is 73.7 Å².